The molecule has 0 atom stereocenters. The summed E-state index contributed by atoms with van der Waals surface area (Å²) in [5.41, 5.74) is 2.79. The van der Waals surface area contributed by atoms with Crippen LogP contribution in [0.25, 0.3) is 10.2 Å². The smallest absolute Gasteiger partial charge is 0.258 e. The van der Waals surface area contributed by atoms with Gasteiger partial charge < -0.3 is 0 Å². The number of hydrogen-bond acceptors (Lipinski definition) is 4. The number of thiazole rings is 1. The molecule has 0 aliphatic rings. The molecule has 3 rings (SSSR count). The Morgan fingerprint density at radius 1 is 1.22 bits per heavy atom. The Hall–Kier alpha value is -1.85. The molecule has 1 heterocycles. The van der Waals surface area contributed by atoms with Crippen LogP contribution in [-0.4, -0.2) is 16.6 Å². The Morgan fingerprint density at radius 3 is 2.83 bits per heavy atom. The van der Waals surface area contributed by atoms with Crippen LogP contribution in [-0.2, 0) is 0 Å². The molecule has 5 heteroatoms. The molecule has 1 amide bonds. The zero-order valence-corrected chi connectivity index (χ0v) is 14.8. The van der Waals surface area contributed by atoms with Gasteiger partial charge in [-0.3, -0.25) is 10.1 Å². The summed E-state index contributed by atoms with van der Waals surface area (Å²) in [6.07, 6.45) is 1.08. The van der Waals surface area contributed by atoms with Crippen LogP contribution in [0, 0.1) is 6.92 Å². The normalized spacial score (nSPS) is 10.9. The van der Waals surface area contributed by atoms with Crippen molar-refractivity contribution >= 4 is 44.4 Å². The van der Waals surface area contributed by atoms with E-state index in [1.54, 1.807) is 11.8 Å². The molecular formula is C18H18N2OS2. The van der Waals surface area contributed by atoms with Crippen LogP contribution in [0.1, 0.15) is 29.3 Å². The Kier molecular flexibility index (Phi) is 4.98. The number of fused-ring (bicyclic) bond motifs is 1. The van der Waals surface area contributed by atoms with E-state index in [1.165, 1.54) is 11.3 Å². The topological polar surface area (TPSA) is 42.0 Å². The fourth-order valence-corrected chi connectivity index (χ4v) is 4.15. The number of anilines is 1. The Balaban J connectivity index is 1.84. The highest BCUT2D eigenvalue weighted by Crippen LogP contribution is 2.29. The van der Waals surface area contributed by atoms with E-state index in [1.807, 2.05) is 49.4 Å². The summed E-state index contributed by atoms with van der Waals surface area (Å²) in [5, 5.41) is 3.59. The maximum absolute atomic E-state index is 12.6. The van der Waals surface area contributed by atoms with Crippen molar-refractivity contribution in [2.45, 2.75) is 25.2 Å². The van der Waals surface area contributed by atoms with Crippen molar-refractivity contribution in [2.75, 3.05) is 11.1 Å². The Morgan fingerprint density at radius 2 is 2.04 bits per heavy atom. The van der Waals surface area contributed by atoms with E-state index in [9.17, 15) is 4.79 Å². The maximum atomic E-state index is 12.6. The fraction of sp³-hybridized carbons (Fsp3) is 0.222. The second kappa shape index (κ2) is 7.15. The van der Waals surface area contributed by atoms with Crippen molar-refractivity contribution < 1.29 is 4.79 Å². The van der Waals surface area contributed by atoms with E-state index >= 15 is 0 Å². The fourth-order valence-electron chi connectivity index (χ4n) is 2.30. The SMILES string of the molecule is CCCSc1ccccc1C(=O)Nc1nc2c(C)cccc2s1. The lowest BCUT2D eigenvalue weighted by Gasteiger charge is -2.07. The number of para-hydroxylation sites is 1. The summed E-state index contributed by atoms with van der Waals surface area (Å²) in [6.45, 7) is 4.17. The molecule has 1 aromatic heterocycles. The number of rotatable bonds is 5. The number of aryl methyl sites for hydroxylation is 1. The van der Waals surface area contributed by atoms with Crippen LogP contribution >= 0.6 is 23.1 Å². The molecule has 2 aromatic carbocycles. The van der Waals surface area contributed by atoms with Gasteiger partial charge in [0.25, 0.3) is 5.91 Å². The molecule has 3 aromatic rings. The van der Waals surface area contributed by atoms with Gasteiger partial charge in [-0.2, -0.15) is 0 Å². The third-order valence-electron chi connectivity index (χ3n) is 3.43. The van der Waals surface area contributed by atoms with E-state index in [0.717, 1.165) is 32.8 Å². The maximum Gasteiger partial charge on any atom is 0.258 e. The molecule has 0 bridgehead atoms. The third kappa shape index (κ3) is 3.57. The lowest BCUT2D eigenvalue weighted by Crippen LogP contribution is -2.12. The number of amides is 1. The van der Waals surface area contributed by atoms with Gasteiger partial charge in [-0.15, -0.1) is 11.8 Å². The zero-order chi connectivity index (χ0) is 16.2. The summed E-state index contributed by atoms with van der Waals surface area (Å²) in [4.78, 5) is 18.2. The molecule has 0 aliphatic heterocycles. The summed E-state index contributed by atoms with van der Waals surface area (Å²) in [7, 11) is 0. The van der Waals surface area contributed by atoms with Gasteiger partial charge in [0.2, 0.25) is 0 Å². The van der Waals surface area contributed by atoms with Gasteiger partial charge in [-0.05, 0) is 42.9 Å². The van der Waals surface area contributed by atoms with Crippen LogP contribution < -0.4 is 5.32 Å². The van der Waals surface area contributed by atoms with Gasteiger partial charge in [0.1, 0.15) is 0 Å². The van der Waals surface area contributed by atoms with Crippen molar-refractivity contribution in [1.29, 1.82) is 0 Å². The average Bonchev–Trinajstić information content (AvgIpc) is 2.97. The number of aromatic nitrogens is 1. The minimum atomic E-state index is -0.0964. The van der Waals surface area contributed by atoms with Crippen LogP contribution in [0.4, 0.5) is 5.13 Å². The molecule has 0 unspecified atom stereocenters. The molecule has 0 radical (unpaired) electrons. The summed E-state index contributed by atoms with van der Waals surface area (Å²) >= 11 is 3.22. The molecule has 0 aliphatic carbocycles. The van der Waals surface area contributed by atoms with Gasteiger partial charge in [0.15, 0.2) is 5.13 Å². The van der Waals surface area contributed by atoms with Crippen molar-refractivity contribution in [3.63, 3.8) is 0 Å². The number of thioether (sulfide) groups is 1. The lowest BCUT2D eigenvalue weighted by atomic mass is 10.2. The molecular weight excluding hydrogens is 324 g/mol. The van der Waals surface area contributed by atoms with Gasteiger partial charge in [0.05, 0.1) is 15.8 Å². The van der Waals surface area contributed by atoms with E-state index in [-0.39, 0.29) is 5.91 Å². The van der Waals surface area contributed by atoms with E-state index in [4.69, 9.17) is 0 Å². The number of benzene rings is 2. The van der Waals surface area contributed by atoms with Crippen molar-refractivity contribution in [3.8, 4) is 0 Å². The van der Waals surface area contributed by atoms with Crippen LogP contribution in [0.2, 0.25) is 0 Å². The lowest BCUT2D eigenvalue weighted by molar-refractivity contribution is 0.102. The molecule has 3 nitrogen and oxygen atoms in total. The number of carbonyl (C=O) groups excluding carboxylic acids is 1. The molecule has 23 heavy (non-hydrogen) atoms. The van der Waals surface area contributed by atoms with Gasteiger partial charge in [-0.25, -0.2) is 4.98 Å². The van der Waals surface area contributed by atoms with Crippen LogP contribution in [0.3, 0.4) is 0 Å². The Labute approximate surface area is 144 Å². The van der Waals surface area contributed by atoms with Crippen LogP contribution in [0.5, 0.6) is 0 Å². The standard InChI is InChI=1S/C18H18N2OS2/c1-3-11-22-14-9-5-4-8-13(14)17(21)20-18-19-16-12(2)7-6-10-15(16)23-18/h4-10H,3,11H2,1-2H3,(H,19,20,21). The predicted octanol–water partition coefficient (Wildman–Crippen LogP) is 5.36. The minimum absolute atomic E-state index is 0.0964. The molecule has 0 saturated heterocycles. The molecule has 118 valence electrons. The molecule has 0 saturated carbocycles. The minimum Gasteiger partial charge on any atom is -0.298 e. The van der Waals surface area contributed by atoms with E-state index < -0.39 is 0 Å². The number of carbonyl (C=O) groups is 1. The monoisotopic (exact) mass is 342 g/mol. The molecule has 0 fully saturated rings. The average molecular weight is 342 g/mol. The number of nitrogens with one attached hydrogen (secondary N) is 1. The second-order valence-electron chi connectivity index (χ2n) is 5.24. The summed E-state index contributed by atoms with van der Waals surface area (Å²) < 4.78 is 1.09. The van der Waals surface area contributed by atoms with E-state index in [2.05, 4.69) is 17.2 Å². The number of hydrogen-bond donors (Lipinski definition) is 1. The molecule has 0 spiro atoms. The van der Waals surface area contributed by atoms with Gasteiger partial charge in [-0.1, -0.05) is 42.5 Å². The summed E-state index contributed by atoms with van der Waals surface area (Å²) in [6, 6.07) is 13.8. The first-order valence-electron chi connectivity index (χ1n) is 7.58. The predicted molar refractivity (Wildman–Crippen MR) is 99.8 cm³/mol. The van der Waals surface area contributed by atoms with Crippen molar-refractivity contribution in [3.05, 3.63) is 53.6 Å². The second-order valence-corrected chi connectivity index (χ2v) is 7.41. The highest BCUT2D eigenvalue weighted by atomic mass is 32.2. The quantitative estimate of drug-likeness (QED) is 0.635. The highest BCUT2D eigenvalue weighted by Gasteiger charge is 2.14. The Bertz CT molecular complexity index is 842. The number of nitrogens with zero attached hydrogens (tertiary/aromatic N) is 1. The van der Waals surface area contributed by atoms with E-state index in [0.29, 0.717) is 10.7 Å². The van der Waals surface area contributed by atoms with Crippen molar-refractivity contribution in [1.82, 2.24) is 4.98 Å². The van der Waals surface area contributed by atoms with Gasteiger partial charge in [0, 0.05) is 4.90 Å². The molecule has 1 N–H and O–H groups in total. The van der Waals surface area contributed by atoms with Crippen LogP contribution in [0.15, 0.2) is 47.4 Å². The zero-order valence-electron chi connectivity index (χ0n) is 13.1. The first kappa shape index (κ1) is 16.0. The largest absolute Gasteiger partial charge is 0.298 e. The first-order valence-corrected chi connectivity index (χ1v) is 9.38. The third-order valence-corrected chi connectivity index (χ3v) is 5.65. The summed E-state index contributed by atoms with van der Waals surface area (Å²) in [5.74, 6) is 0.908. The van der Waals surface area contributed by atoms with Gasteiger partial charge >= 0.3 is 0 Å². The van der Waals surface area contributed by atoms with Crippen molar-refractivity contribution in [2.24, 2.45) is 0 Å². The first-order chi connectivity index (χ1) is 11.2. The highest BCUT2D eigenvalue weighted by molar-refractivity contribution is 7.99.